The van der Waals surface area contributed by atoms with Crippen LogP contribution in [0.4, 0.5) is 5.82 Å². The Morgan fingerprint density at radius 1 is 1.17 bits per heavy atom. The molecular weight excluding hydrogens is 322 g/mol. The number of piperidine rings is 1. The zero-order valence-corrected chi connectivity index (χ0v) is 13.9. The molecule has 5 nitrogen and oxygen atoms in total. The summed E-state index contributed by atoms with van der Waals surface area (Å²) in [6.07, 6.45) is 3.79. The van der Waals surface area contributed by atoms with Crippen molar-refractivity contribution in [3.05, 3.63) is 46.6 Å². The Morgan fingerprint density at radius 2 is 1.96 bits per heavy atom. The summed E-state index contributed by atoms with van der Waals surface area (Å²) in [5, 5.41) is 21.2. The number of aliphatic imine (C=N–C) groups is 1. The number of aromatic nitrogens is 2. The SMILES string of the molecule is N#CC1C(C2CCNCC2)=Nc2[nH]ncc2C1c1ccccc1Cl. The highest BCUT2D eigenvalue weighted by molar-refractivity contribution is 6.31. The molecule has 6 heteroatoms. The molecule has 122 valence electrons. The number of nitrogens with one attached hydrogen (secondary N) is 2. The fourth-order valence-electron chi connectivity index (χ4n) is 3.83. The van der Waals surface area contributed by atoms with E-state index in [1.807, 2.05) is 24.3 Å². The van der Waals surface area contributed by atoms with Crippen molar-refractivity contribution in [1.29, 1.82) is 5.26 Å². The van der Waals surface area contributed by atoms with Crippen LogP contribution >= 0.6 is 11.6 Å². The van der Waals surface area contributed by atoms with Gasteiger partial charge in [0.05, 0.1) is 18.2 Å². The molecule has 0 radical (unpaired) electrons. The molecule has 2 N–H and O–H groups in total. The topological polar surface area (TPSA) is 76.9 Å². The molecule has 0 saturated carbocycles. The average Bonchev–Trinajstić information content (AvgIpc) is 3.10. The van der Waals surface area contributed by atoms with Gasteiger partial charge in [-0.1, -0.05) is 29.8 Å². The second-order valence-electron chi connectivity index (χ2n) is 6.34. The Morgan fingerprint density at radius 3 is 2.71 bits per heavy atom. The number of benzene rings is 1. The Bertz CT molecular complexity index is 813. The highest BCUT2D eigenvalue weighted by Crippen LogP contribution is 2.45. The standard InChI is InChI=1S/C18H18ClN5/c19-15-4-2-1-3-12(15)16-13(9-20)17(11-5-7-21-8-6-11)23-18-14(16)10-22-24-18/h1-4,10-11,13,16,21H,5-8H2,(H,22,24). The van der Waals surface area contributed by atoms with Crippen molar-refractivity contribution < 1.29 is 0 Å². The first-order valence-electron chi connectivity index (χ1n) is 8.26. The highest BCUT2D eigenvalue weighted by Gasteiger charge is 2.39. The number of H-pyrrole nitrogens is 1. The quantitative estimate of drug-likeness (QED) is 0.880. The first-order valence-corrected chi connectivity index (χ1v) is 8.64. The Balaban J connectivity index is 1.83. The second-order valence-corrected chi connectivity index (χ2v) is 6.75. The molecular formula is C18H18ClN5. The lowest BCUT2D eigenvalue weighted by atomic mass is 9.73. The molecule has 2 atom stereocenters. The van der Waals surface area contributed by atoms with Crippen LogP contribution in [0.15, 0.2) is 35.5 Å². The lowest BCUT2D eigenvalue weighted by molar-refractivity contribution is 0.443. The van der Waals surface area contributed by atoms with E-state index in [0.29, 0.717) is 10.9 Å². The first kappa shape index (κ1) is 15.4. The van der Waals surface area contributed by atoms with Gasteiger partial charge in [0, 0.05) is 28.1 Å². The predicted molar refractivity (Wildman–Crippen MR) is 93.7 cm³/mol. The molecule has 1 aromatic heterocycles. The largest absolute Gasteiger partial charge is 0.317 e. The van der Waals surface area contributed by atoms with Gasteiger partial charge in [-0.15, -0.1) is 0 Å². The minimum atomic E-state index is -0.307. The molecule has 2 aliphatic rings. The smallest absolute Gasteiger partial charge is 0.151 e. The Labute approximate surface area is 145 Å². The molecule has 2 unspecified atom stereocenters. The van der Waals surface area contributed by atoms with Crippen molar-refractivity contribution in [3.8, 4) is 6.07 Å². The van der Waals surface area contributed by atoms with Crippen molar-refractivity contribution >= 4 is 23.1 Å². The Kier molecular flexibility index (Phi) is 4.09. The number of rotatable bonds is 2. The number of nitriles is 1. The average molecular weight is 340 g/mol. The Hall–Kier alpha value is -2.16. The molecule has 4 rings (SSSR count). The zero-order chi connectivity index (χ0) is 16.5. The summed E-state index contributed by atoms with van der Waals surface area (Å²) < 4.78 is 0. The van der Waals surface area contributed by atoms with Crippen molar-refractivity contribution in [2.24, 2.45) is 16.8 Å². The third-order valence-corrected chi connectivity index (χ3v) is 5.36. The molecule has 0 amide bonds. The summed E-state index contributed by atoms with van der Waals surface area (Å²) in [5.74, 6) is 0.662. The van der Waals surface area contributed by atoms with Gasteiger partial charge >= 0.3 is 0 Å². The lowest BCUT2D eigenvalue weighted by Gasteiger charge is -2.33. The summed E-state index contributed by atoms with van der Waals surface area (Å²) in [5.41, 5.74) is 2.89. The molecule has 2 aromatic rings. The monoisotopic (exact) mass is 339 g/mol. The lowest BCUT2D eigenvalue weighted by Crippen LogP contribution is -2.37. The van der Waals surface area contributed by atoms with Gasteiger partial charge in [0.15, 0.2) is 5.82 Å². The number of fused-ring (bicyclic) bond motifs is 1. The van der Waals surface area contributed by atoms with E-state index in [1.54, 1.807) is 6.20 Å². The fourth-order valence-corrected chi connectivity index (χ4v) is 4.09. The maximum absolute atomic E-state index is 9.96. The molecule has 24 heavy (non-hydrogen) atoms. The van der Waals surface area contributed by atoms with E-state index in [4.69, 9.17) is 16.6 Å². The van der Waals surface area contributed by atoms with Gasteiger partial charge in [-0.2, -0.15) is 10.4 Å². The van der Waals surface area contributed by atoms with Crippen LogP contribution in [0.5, 0.6) is 0 Å². The second kappa shape index (κ2) is 6.39. The van der Waals surface area contributed by atoms with E-state index in [-0.39, 0.29) is 11.8 Å². The van der Waals surface area contributed by atoms with E-state index < -0.39 is 0 Å². The van der Waals surface area contributed by atoms with E-state index in [2.05, 4.69) is 21.6 Å². The minimum Gasteiger partial charge on any atom is -0.317 e. The third kappa shape index (κ3) is 2.52. The third-order valence-electron chi connectivity index (χ3n) is 5.01. The minimum absolute atomic E-state index is 0.125. The molecule has 0 spiro atoms. The number of aromatic amines is 1. The summed E-state index contributed by atoms with van der Waals surface area (Å²) in [4.78, 5) is 4.79. The summed E-state index contributed by atoms with van der Waals surface area (Å²) in [6.45, 7) is 1.93. The van der Waals surface area contributed by atoms with Crippen molar-refractivity contribution in [2.45, 2.75) is 18.8 Å². The van der Waals surface area contributed by atoms with Gasteiger partial charge in [-0.3, -0.25) is 5.10 Å². The molecule has 0 aliphatic carbocycles. The molecule has 1 fully saturated rings. The van der Waals surface area contributed by atoms with E-state index in [1.165, 1.54) is 0 Å². The molecule has 3 heterocycles. The number of nitrogens with zero attached hydrogens (tertiary/aromatic N) is 3. The fraction of sp³-hybridized carbons (Fsp3) is 0.389. The number of hydrogen-bond acceptors (Lipinski definition) is 4. The van der Waals surface area contributed by atoms with Crippen LogP contribution in [0.3, 0.4) is 0 Å². The van der Waals surface area contributed by atoms with Crippen LogP contribution in [0.25, 0.3) is 0 Å². The van der Waals surface area contributed by atoms with Crippen LogP contribution in [0, 0.1) is 23.2 Å². The number of halogens is 1. The van der Waals surface area contributed by atoms with Crippen LogP contribution < -0.4 is 5.32 Å². The van der Waals surface area contributed by atoms with E-state index in [0.717, 1.165) is 48.6 Å². The maximum atomic E-state index is 9.96. The van der Waals surface area contributed by atoms with Crippen LogP contribution in [0.1, 0.15) is 29.9 Å². The van der Waals surface area contributed by atoms with Gasteiger partial charge in [0.2, 0.25) is 0 Å². The molecule has 0 bridgehead atoms. The van der Waals surface area contributed by atoms with Crippen molar-refractivity contribution in [2.75, 3.05) is 13.1 Å². The van der Waals surface area contributed by atoms with Gasteiger partial charge in [0.25, 0.3) is 0 Å². The highest BCUT2D eigenvalue weighted by atomic mass is 35.5. The predicted octanol–water partition coefficient (Wildman–Crippen LogP) is 3.42. The van der Waals surface area contributed by atoms with E-state index >= 15 is 0 Å². The van der Waals surface area contributed by atoms with Crippen LogP contribution in [-0.2, 0) is 0 Å². The van der Waals surface area contributed by atoms with Crippen LogP contribution in [0.2, 0.25) is 5.02 Å². The molecule has 2 aliphatic heterocycles. The van der Waals surface area contributed by atoms with Crippen LogP contribution in [-0.4, -0.2) is 29.0 Å². The van der Waals surface area contributed by atoms with Gasteiger partial charge in [-0.05, 0) is 37.6 Å². The zero-order valence-electron chi connectivity index (χ0n) is 13.2. The summed E-state index contributed by atoms with van der Waals surface area (Å²) in [6, 6.07) is 10.3. The van der Waals surface area contributed by atoms with Crippen molar-refractivity contribution in [3.63, 3.8) is 0 Å². The molecule has 1 saturated heterocycles. The van der Waals surface area contributed by atoms with Gasteiger partial charge in [0.1, 0.15) is 0 Å². The summed E-state index contributed by atoms with van der Waals surface area (Å²) in [7, 11) is 0. The van der Waals surface area contributed by atoms with E-state index in [9.17, 15) is 5.26 Å². The maximum Gasteiger partial charge on any atom is 0.151 e. The number of hydrogen-bond donors (Lipinski definition) is 2. The van der Waals surface area contributed by atoms with Crippen molar-refractivity contribution in [1.82, 2.24) is 15.5 Å². The van der Waals surface area contributed by atoms with Gasteiger partial charge < -0.3 is 5.32 Å². The normalized spacial score (nSPS) is 24.1. The summed E-state index contributed by atoms with van der Waals surface area (Å²) >= 11 is 6.46. The first-order chi connectivity index (χ1) is 11.8. The van der Waals surface area contributed by atoms with Gasteiger partial charge in [-0.25, -0.2) is 4.99 Å². The molecule has 1 aromatic carbocycles.